The largest absolute Gasteiger partial charge is 0.382 e. The van der Waals surface area contributed by atoms with Crippen LogP contribution in [0, 0.1) is 11.7 Å². The van der Waals surface area contributed by atoms with Crippen molar-refractivity contribution in [3.05, 3.63) is 52.8 Å². The summed E-state index contributed by atoms with van der Waals surface area (Å²) in [6.07, 6.45) is 2.71. The summed E-state index contributed by atoms with van der Waals surface area (Å²) in [6.45, 7) is 7.06. The maximum Gasteiger partial charge on any atom is 0.243 e. The minimum absolute atomic E-state index is 0.262. The van der Waals surface area contributed by atoms with Gasteiger partial charge in [0, 0.05) is 43.6 Å². The van der Waals surface area contributed by atoms with Crippen LogP contribution in [0.2, 0.25) is 5.02 Å². The van der Waals surface area contributed by atoms with Gasteiger partial charge in [0.05, 0.1) is 15.9 Å². The second-order valence-electron chi connectivity index (χ2n) is 8.88. The number of halogens is 2. The predicted octanol–water partition coefficient (Wildman–Crippen LogP) is 5.97. The fourth-order valence-electron chi connectivity index (χ4n) is 4.34. The Morgan fingerprint density at radius 3 is 2.83 bits per heavy atom. The first kappa shape index (κ1) is 26.4. The van der Waals surface area contributed by atoms with Crippen LogP contribution >= 0.6 is 23.4 Å². The zero-order valence-corrected chi connectivity index (χ0v) is 22.4. The van der Waals surface area contributed by atoms with Crippen molar-refractivity contribution in [1.29, 1.82) is 0 Å². The van der Waals surface area contributed by atoms with Crippen molar-refractivity contribution in [2.24, 2.45) is 5.92 Å². The van der Waals surface area contributed by atoms with Crippen molar-refractivity contribution >= 4 is 44.4 Å². The van der Waals surface area contributed by atoms with Crippen molar-refractivity contribution in [3.63, 3.8) is 0 Å². The molecule has 35 heavy (non-hydrogen) atoms. The van der Waals surface area contributed by atoms with Crippen LogP contribution in [-0.4, -0.2) is 48.6 Å². The molecule has 0 radical (unpaired) electrons. The van der Waals surface area contributed by atoms with Gasteiger partial charge in [-0.2, -0.15) is 4.31 Å². The fraction of sp³-hybridized carbons (Fsp3) is 0.480. The number of benzene rings is 2. The van der Waals surface area contributed by atoms with Gasteiger partial charge >= 0.3 is 0 Å². The van der Waals surface area contributed by atoms with Crippen LogP contribution in [0.1, 0.15) is 38.7 Å². The van der Waals surface area contributed by atoms with Crippen LogP contribution in [-0.2, 0) is 27.1 Å². The van der Waals surface area contributed by atoms with Crippen molar-refractivity contribution in [3.8, 4) is 0 Å². The van der Waals surface area contributed by atoms with Gasteiger partial charge in [0.15, 0.2) is 5.16 Å². The van der Waals surface area contributed by atoms with E-state index in [0.717, 1.165) is 24.8 Å². The second kappa shape index (κ2) is 11.6. The molecule has 3 aromatic rings. The lowest BCUT2D eigenvalue weighted by molar-refractivity contribution is 0.141. The summed E-state index contributed by atoms with van der Waals surface area (Å²) in [4.78, 5) is 5.02. The summed E-state index contributed by atoms with van der Waals surface area (Å²) in [7, 11) is -3.58. The molecule has 1 fully saturated rings. The number of hydrogen-bond donors (Lipinski definition) is 0. The molecule has 1 aliphatic rings. The van der Waals surface area contributed by atoms with Crippen molar-refractivity contribution in [2.75, 3.05) is 26.3 Å². The van der Waals surface area contributed by atoms with E-state index in [4.69, 9.17) is 21.3 Å². The standard InChI is InChI=1S/C25H31ClFN3O3S2/c1-3-33-13-5-12-30-24-10-9-21(35(31,32)29-11-4-6-18(2)16-29)15-23(24)28-25(30)34-17-19-7-8-20(26)14-22(19)27/h7-10,14-15,18H,3-6,11-13,16-17H2,1-2H3. The topological polar surface area (TPSA) is 64.4 Å². The van der Waals surface area contributed by atoms with Crippen LogP contribution in [0.5, 0.6) is 0 Å². The van der Waals surface area contributed by atoms with E-state index in [9.17, 15) is 12.8 Å². The normalized spacial score (nSPS) is 17.3. The molecule has 0 bridgehead atoms. The molecule has 0 aliphatic carbocycles. The first-order valence-corrected chi connectivity index (χ1v) is 14.7. The Labute approximate surface area is 215 Å². The predicted molar refractivity (Wildman–Crippen MR) is 139 cm³/mol. The van der Waals surface area contributed by atoms with Crippen molar-refractivity contribution < 1.29 is 17.5 Å². The average Bonchev–Trinajstić information content (AvgIpc) is 3.18. The third-order valence-electron chi connectivity index (χ3n) is 6.19. The van der Waals surface area contributed by atoms with Gasteiger partial charge in [-0.15, -0.1) is 0 Å². The Kier molecular flexibility index (Phi) is 8.76. The third kappa shape index (κ3) is 6.20. The molecule has 0 amide bonds. The number of fused-ring (bicyclic) bond motifs is 1. The number of aromatic nitrogens is 2. The summed E-state index contributed by atoms with van der Waals surface area (Å²) >= 11 is 7.30. The molecule has 190 valence electrons. The highest BCUT2D eigenvalue weighted by Crippen LogP contribution is 2.31. The van der Waals surface area contributed by atoms with E-state index in [2.05, 4.69) is 11.5 Å². The Morgan fingerprint density at radius 2 is 2.09 bits per heavy atom. The number of sulfonamides is 1. The minimum Gasteiger partial charge on any atom is -0.382 e. The van der Waals surface area contributed by atoms with E-state index in [1.54, 1.807) is 28.6 Å². The SMILES string of the molecule is CCOCCCn1c(SCc2ccc(Cl)cc2F)nc2cc(S(=O)(=O)N3CCCC(C)C3)ccc21. The second-order valence-corrected chi connectivity index (χ2v) is 12.2. The van der Waals surface area contributed by atoms with E-state index in [-0.39, 0.29) is 10.7 Å². The number of nitrogens with zero attached hydrogens (tertiary/aromatic N) is 3. The van der Waals surface area contributed by atoms with E-state index in [0.29, 0.717) is 65.8 Å². The Balaban J connectivity index is 1.63. The van der Waals surface area contributed by atoms with Gasteiger partial charge in [-0.25, -0.2) is 17.8 Å². The number of thioether (sulfide) groups is 1. The summed E-state index contributed by atoms with van der Waals surface area (Å²) in [6, 6.07) is 9.82. The lowest BCUT2D eigenvalue weighted by Gasteiger charge is -2.30. The summed E-state index contributed by atoms with van der Waals surface area (Å²) in [5.74, 6) is 0.380. The summed E-state index contributed by atoms with van der Waals surface area (Å²) < 4.78 is 50.1. The monoisotopic (exact) mass is 539 g/mol. The van der Waals surface area contributed by atoms with Crippen LogP contribution in [0.4, 0.5) is 4.39 Å². The van der Waals surface area contributed by atoms with Gasteiger partial charge in [-0.3, -0.25) is 0 Å². The third-order valence-corrected chi connectivity index (χ3v) is 9.31. The highest BCUT2D eigenvalue weighted by Gasteiger charge is 2.29. The Hall–Kier alpha value is -1.65. The van der Waals surface area contributed by atoms with E-state index < -0.39 is 10.0 Å². The quantitative estimate of drug-likeness (QED) is 0.235. The molecule has 2 aromatic carbocycles. The number of piperidine rings is 1. The van der Waals surface area contributed by atoms with Gasteiger partial charge in [0.25, 0.3) is 0 Å². The summed E-state index contributed by atoms with van der Waals surface area (Å²) in [5.41, 5.74) is 2.01. The Morgan fingerprint density at radius 1 is 1.26 bits per heavy atom. The smallest absolute Gasteiger partial charge is 0.243 e. The van der Waals surface area contributed by atoms with Crippen LogP contribution in [0.3, 0.4) is 0 Å². The molecule has 0 spiro atoms. The first-order valence-electron chi connectivity index (χ1n) is 11.9. The van der Waals surface area contributed by atoms with Gasteiger partial charge in [0.2, 0.25) is 10.0 Å². The van der Waals surface area contributed by atoms with E-state index in [1.165, 1.54) is 17.8 Å². The Bertz CT molecular complexity index is 1280. The minimum atomic E-state index is -3.58. The molecule has 1 aromatic heterocycles. The van der Waals surface area contributed by atoms with Gasteiger partial charge < -0.3 is 9.30 Å². The first-order chi connectivity index (χ1) is 16.8. The van der Waals surface area contributed by atoms with E-state index >= 15 is 0 Å². The summed E-state index contributed by atoms with van der Waals surface area (Å²) in [5, 5.41) is 1.07. The molecule has 1 aliphatic heterocycles. The molecule has 6 nitrogen and oxygen atoms in total. The maximum absolute atomic E-state index is 14.3. The molecular formula is C25H31ClFN3O3S2. The molecule has 2 heterocycles. The number of imidazole rings is 1. The highest BCUT2D eigenvalue weighted by molar-refractivity contribution is 7.98. The van der Waals surface area contributed by atoms with Crippen LogP contribution < -0.4 is 0 Å². The van der Waals surface area contributed by atoms with Gasteiger partial charge in [-0.1, -0.05) is 36.4 Å². The lowest BCUT2D eigenvalue weighted by atomic mass is 10.0. The van der Waals surface area contributed by atoms with Crippen LogP contribution in [0.15, 0.2) is 46.5 Å². The maximum atomic E-state index is 14.3. The van der Waals surface area contributed by atoms with Crippen molar-refractivity contribution in [1.82, 2.24) is 13.9 Å². The van der Waals surface area contributed by atoms with Gasteiger partial charge in [0.1, 0.15) is 5.82 Å². The van der Waals surface area contributed by atoms with Crippen LogP contribution in [0.25, 0.3) is 11.0 Å². The molecule has 4 rings (SSSR count). The number of ether oxygens (including phenoxy) is 1. The zero-order chi connectivity index (χ0) is 25.0. The molecular weight excluding hydrogens is 509 g/mol. The fourth-order valence-corrected chi connectivity index (χ4v) is 7.14. The molecule has 10 heteroatoms. The molecule has 0 saturated carbocycles. The van der Waals surface area contributed by atoms with Crippen molar-refractivity contribution in [2.45, 2.75) is 55.5 Å². The van der Waals surface area contributed by atoms with E-state index in [1.807, 2.05) is 13.0 Å². The average molecular weight is 540 g/mol. The highest BCUT2D eigenvalue weighted by atomic mass is 35.5. The molecule has 1 unspecified atom stereocenters. The molecule has 0 N–H and O–H groups in total. The molecule has 1 saturated heterocycles. The zero-order valence-electron chi connectivity index (χ0n) is 20.0. The number of aryl methyl sites for hydroxylation is 1. The number of hydrogen-bond acceptors (Lipinski definition) is 5. The number of rotatable bonds is 10. The molecule has 1 atom stereocenters. The lowest BCUT2D eigenvalue weighted by Crippen LogP contribution is -2.39. The van der Waals surface area contributed by atoms with Gasteiger partial charge in [-0.05, 0) is 68.0 Å².